The molecule has 0 spiro atoms. The Morgan fingerprint density at radius 1 is 1.33 bits per heavy atom. The van der Waals surface area contributed by atoms with Crippen LogP contribution in [0.5, 0.6) is 0 Å². The predicted octanol–water partition coefficient (Wildman–Crippen LogP) is 1.96. The summed E-state index contributed by atoms with van der Waals surface area (Å²) in [6.45, 7) is 0.567. The van der Waals surface area contributed by atoms with Crippen LogP contribution < -0.4 is 16.4 Å². The molecule has 3 rings (SSSR count). The molecule has 1 heterocycles. The summed E-state index contributed by atoms with van der Waals surface area (Å²) < 4.78 is 0. The van der Waals surface area contributed by atoms with Gasteiger partial charge in [0, 0.05) is 18.3 Å². The van der Waals surface area contributed by atoms with Crippen molar-refractivity contribution in [1.82, 2.24) is 5.32 Å². The second-order valence-corrected chi connectivity index (χ2v) is 5.81. The highest BCUT2D eigenvalue weighted by Gasteiger charge is 2.29. The van der Waals surface area contributed by atoms with Crippen LogP contribution in [0.2, 0.25) is 0 Å². The van der Waals surface area contributed by atoms with Crippen LogP contribution in [0.25, 0.3) is 0 Å². The maximum atomic E-state index is 12.0. The zero-order valence-corrected chi connectivity index (χ0v) is 12.1. The number of guanidine groups is 1. The zero-order chi connectivity index (χ0) is 14.7. The van der Waals surface area contributed by atoms with Gasteiger partial charge >= 0.3 is 0 Å². The Labute approximate surface area is 125 Å². The fourth-order valence-electron chi connectivity index (χ4n) is 3.20. The third kappa shape index (κ3) is 3.17. The number of carbonyl (C=O) groups excluding carboxylic acids is 1. The third-order valence-electron chi connectivity index (χ3n) is 4.32. The van der Waals surface area contributed by atoms with Gasteiger partial charge in [-0.1, -0.05) is 31.0 Å². The molecule has 0 bridgehead atoms. The molecule has 5 nitrogen and oxygen atoms in total. The van der Waals surface area contributed by atoms with E-state index in [2.05, 4.69) is 15.6 Å². The number of para-hydroxylation sites is 1. The molecule has 1 saturated carbocycles. The summed E-state index contributed by atoms with van der Waals surface area (Å²) in [6, 6.07) is 8.31. The Hall–Kier alpha value is -2.04. The molecule has 0 aromatic heterocycles. The molecule has 1 aromatic carbocycles. The number of hydrogen-bond donors (Lipinski definition) is 3. The smallest absolute Gasteiger partial charge is 0.232 e. The van der Waals surface area contributed by atoms with E-state index in [-0.39, 0.29) is 11.8 Å². The first-order valence-electron chi connectivity index (χ1n) is 7.70. The number of nitrogens with one attached hydrogen (secondary N) is 2. The van der Waals surface area contributed by atoms with Gasteiger partial charge in [0.1, 0.15) is 0 Å². The van der Waals surface area contributed by atoms with Crippen molar-refractivity contribution < 1.29 is 4.79 Å². The number of nitrogens with zero attached hydrogens (tertiary/aromatic N) is 1. The topological polar surface area (TPSA) is 79.5 Å². The third-order valence-corrected chi connectivity index (χ3v) is 4.32. The minimum absolute atomic E-state index is 0.0636. The van der Waals surface area contributed by atoms with Crippen LogP contribution in [-0.2, 0) is 4.79 Å². The molecule has 2 aliphatic rings. The van der Waals surface area contributed by atoms with E-state index >= 15 is 0 Å². The number of benzene rings is 1. The van der Waals surface area contributed by atoms with Gasteiger partial charge < -0.3 is 16.4 Å². The van der Waals surface area contributed by atoms with Crippen molar-refractivity contribution in [3.8, 4) is 0 Å². The number of aliphatic imine (C=N–C) groups is 1. The number of rotatable bonds is 4. The highest BCUT2D eigenvalue weighted by Crippen LogP contribution is 2.34. The van der Waals surface area contributed by atoms with Gasteiger partial charge in [0.25, 0.3) is 0 Å². The minimum atomic E-state index is -0.107. The van der Waals surface area contributed by atoms with E-state index in [0.29, 0.717) is 25.0 Å². The van der Waals surface area contributed by atoms with Crippen LogP contribution in [0.3, 0.4) is 0 Å². The number of carbonyl (C=O) groups is 1. The molecule has 0 saturated heterocycles. The molecule has 1 atom stereocenters. The number of anilines is 1. The van der Waals surface area contributed by atoms with Gasteiger partial charge in [-0.2, -0.15) is 0 Å². The van der Waals surface area contributed by atoms with Gasteiger partial charge in [-0.3, -0.25) is 9.79 Å². The van der Waals surface area contributed by atoms with Crippen LogP contribution in [0.15, 0.2) is 29.3 Å². The minimum Gasteiger partial charge on any atom is -0.370 e. The molecule has 1 aromatic rings. The van der Waals surface area contributed by atoms with Gasteiger partial charge in [0.15, 0.2) is 5.96 Å². The van der Waals surface area contributed by atoms with Crippen LogP contribution in [0, 0.1) is 0 Å². The average molecular weight is 286 g/mol. The van der Waals surface area contributed by atoms with Crippen molar-refractivity contribution in [1.29, 1.82) is 0 Å². The maximum Gasteiger partial charge on any atom is 0.232 e. The lowest BCUT2D eigenvalue weighted by Crippen LogP contribution is -2.38. The Bertz CT molecular complexity index is 549. The highest BCUT2D eigenvalue weighted by molar-refractivity contribution is 6.02. The molecular formula is C16H22N4O. The molecule has 1 fully saturated rings. The van der Waals surface area contributed by atoms with Crippen LogP contribution in [0.1, 0.15) is 43.6 Å². The Morgan fingerprint density at radius 3 is 2.90 bits per heavy atom. The van der Waals surface area contributed by atoms with E-state index in [9.17, 15) is 4.79 Å². The summed E-state index contributed by atoms with van der Waals surface area (Å²) in [7, 11) is 0. The van der Waals surface area contributed by atoms with Crippen molar-refractivity contribution in [3.63, 3.8) is 0 Å². The Morgan fingerprint density at radius 2 is 2.10 bits per heavy atom. The summed E-state index contributed by atoms with van der Waals surface area (Å²) in [4.78, 5) is 16.3. The van der Waals surface area contributed by atoms with Crippen molar-refractivity contribution in [3.05, 3.63) is 29.8 Å². The summed E-state index contributed by atoms with van der Waals surface area (Å²) >= 11 is 0. The lowest BCUT2D eigenvalue weighted by molar-refractivity contribution is -0.117. The summed E-state index contributed by atoms with van der Waals surface area (Å²) in [6.07, 6.45) is 5.58. The highest BCUT2D eigenvalue weighted by atomic mass is 16.2. The lowest BCUT2D eigenvalue weighted by Gasteiger charge is -2.12. The van der Waals surface area contributed by atoms with E-state index in [1.165, 1.54) is 25.7 Å². The van der Waals surface area contributed by atoms with Gasteiger partial charge in [0.05, 0.1) is 5.92 Å². The first-order valence-corrected chi connectivity index (χ1v) is 7.70. The quantitative estimate of drug-likeness (QED) is 0.585. The first kappa shape index (κ1) is 13.9. The van der Waals surface area contributed by atoms with Gasteiger partial charge in [0.2, 0.25) is 5.91 Å². The normalized spacial score (nSPS) is 22.2. The molecule has 1 aliphatic carbocycles. The molecule has 1 aliphatic heterocycles. The number of amides is 1. The Balaban J connectivity index is 1.54. The van der Waals surface area contributed by atoms with Crippen LogP contribution >= 0.6 is 0 Å². The second-order valence-electron chi connectivity index (χ2n) is 5.81. The molecule has 4 N–H and O–H groups in total. The van der Waals surface area contributed by atoms with Crippen molar-refractivity contribution in [2.24, 2.45) is 10.7 Å². The monoisotopic (exact) mass is 286 g/mol. The van der Waals surface area contributed by atoms with E-state index in [0.717, 1.165) is 11.3 Å². The van der Waals surface area contributed by atoms with Gasteiger partial charge in [-0.15, -0.1) is 0 Å². The standard InChI is InChI=1S/C16H22N4O/c17-16(19-11-5-1-2-6-11)18-10-9-13-12-7-3-4-8-14(12)20-15(13)21/h3-4,7-8,11,13H,1-2,5-6,9-10H2,(H,20,21)(H3,17,18,19). The fraction of sp³-hybridized carbons (Fsp3) is 0.500. The van der Waals surface area contributed by atoms with Crippen LogP contribution in [0.4, 0.5) is 5.69 Å². The second kappa shape index (κ2) is 6.16. The summed E-state index contributed by atoms with van der Waals surface area (Å²) in [5.74, 6) is 0.464. The summed E-state index contributed by atoms with van der Waals surface area (Å²) in [5.41, 5.74) is 7.90. The van der Waals surface area contributed by atoms with Crippen LogP contribution in [-0.4, -0.2) is 24.5 Å². The molecular weight excluding hydrogens is 264 g/mol. The van der Waals surface area contributed by atoms with E-state index < -0.39 is 0 Å². The molecule has 0 radical (unpaired) electrons. The van der Waals surface area contributed by atoms with E-state index in [1.54, 1.807) is 0 Å². The molecule has 5 heteroatoms. The van der Waals surface area contributed by atoms with Crippen molar-refractivity contribution in [2.45, 2.75) is 44.1 Å². The predicted molar refractivity (Wildman–Crippen MR) is 84.3 cm³/mol. The maximum absolute atomic E-state index is 12.0. The van der Waals surface area contributed by atoms with Gasteiger partial charge in [-0.05, 0) is 30.9 Å². The summed E-state index contributed by atoms with van der Waals surface area (Å²) in [5, 5.41) is 6.17. The number of fused-ring (bicyclic) bond motifs is 1. The molecule has 1 unspecified atom stereocenters. The Kier molecular flexibility index (Phi) is 4.08. The zero-order valence-electron chi connectivity index (χ0n) is 12.1. The van der Waals surface area contributed by atoms with Crippen molar-refractivity contribution in [2.75, 3.05) is 11.9 Å². The number of hydrogen-bond acceptors (Lipinski definition) is 2. The van der Waals surface area contributed by atoms with E-state index in [4.69, 9.17) is 5.73 Å². The van der Waals surface area contributed by atoms with Gasteiger partial charge in [-0.25, -0.2) is 0 Å². The molecule has 21 heavy (non-hydrogen) atoms. The SMILES string of the molecule is NC(=NCCC1C(=O)Nc2ccccc21)NC1CCCC1. The first-order chi connectivity index (χ1) is 10.2. The molecule has 1 amide bonds. The average Bonchev–Trinajstić information content (AvgIpc) is 3.07. The molecule has 112 valence electrons. The van der Waals surface area contributed by atoms with E-state index in [1.807, 2.05) is 24.3 Å². The fourth-order valence-corrected chi connectivity index (χ4v) is 3.20. The number of nitrogens with two attached hydrogens (primary N) is 1. The lowest BCUT2D eigenvalue weighted by atomic mass is 9.97. The largest absolute Gasteiger partial charge is 0.370 e. The van der Waals surface area contributed by atoms with Crippen molar-refractivity contribution >= 4 is 17.6 Å².